The SMILES string of the molecule is CCCOc1ccc(C(=O)Nc2ccccc2C(=O)O[C@@]23CC[C@H](OC)[C@]45C([C@H](C[C@H]24)[C@@]2(O)C[C@H](OC)[C@H]4C[C@@H]5[C@]2(O)[C@H]4OC)N(CC)C3)cc1. The van der Waals surface area contributed by atoms with Gasteiger partial charge in [-0.15, -0.1) is 0 Å². The number of anilines is 1. The Balaban J connectivity index is 1.15. The van der Waals surface area contributed by atoms with E-state index in [9.17, 15) is 19.8 Å². The van der Waals surface area contributed by atoms with Crippen LogP contribution in [0.5, 0.6) is 5.75 Å². The first kappa shape index (κ1) is 35.0. The maximum atomic E-state index is 14.5. The molecule has 11 heteroatoms. The number of rotatable bonds is 11. The Bertz CT molecular complexity index is 1670. The van der Waals surface area contributed by atoms with Crippen molar-refractivity contribution in [2.24, 2.45) is 29.1 Å². The minimum atomic E-state index is -1.50. The summed E-state index contributed by atoms with van der Waals surface area (Å²) >= 11 is 0. The van der Waals surface area contributed by atoms with Crippen LogP contribution in [0, 0.1) is 29.1 Å². The van der Waals surface area contributed by atoms with Crippen molar-refractivity contribution in [2.45, 2.75) is 93.5 Å². The second-order valence-electron chi connectivity index (χ2n) is 15.8. The molecule has 5 saturated carbocycles. The van der Waals surface area contributed by atoms with Gasteiger partial charge in [-0.1, -0.05) is 26.0 Å². The molecule has 12 atom stereocenters. The van der Waals surface area contributed by atoms with Gasteiger partial charge in [-0.25, -0.2) is 4.79 Å². The highest BCUT2D eigenvalue weighted by Gasteiger charge is 2.89. The van der Waals surface area contributed by atoms with Crippen LogP contribution in [0.3, 0.4) is 0 Å². The molecule has 276 valence electrons. The number of piperidine rings is 1. The summed E-state index contributed by atoms with van der Waals surface area (Å²) in [5.74, 6) is -1.08. The summed E-state index contributed by atoms with van der Waals surface area (Å²) in [5.41, 5.74) is -3.37. The highest BCUT2D eigenvalue weighted by atomic mass is 16.6. The number of esters is 1. The molecule has 0 aromatic heterocycles. The fourth-order valence-corrected chi connectivity index (χ4v) is 12.5. The highest BCUT2D eigenvalue weighted by molar-refractivity contribution is 6.08. The van der Waals surface area contributed by atoms with Crippen LogP contribution in [-0.2, 0) is 18.9 Å². The first-order valence-corrected chi connectivity index (χ1v) is 18.7. The molecule has 8 rings (SSSR count). The van der Waals surface area contributed by atoms with Gasteiger partial charge in [0, 0.05) is 75.0 Å². The van der Waals surface area contributed by atoms with Crippen molar-refractivity contribution in [1.29, 1.82) is 0 Å². The molecule has 0 radical (unpaired) electrons. The van der Waals surface area contributed by atoms with E-state index < -0.39 is 34.3 Å². The minimum absolute atomic E-state index is 0.0722. The van der Waals surface area contributed by atoms with E-state index in [-0.39, 0.29) is 53.4 Å². The fourth-order valence-electron chi connectivity index (χ4n) is 12.5. The number of nitrogens with one attached hydrogen (secondary N) is 1. The number of benzene rings is 2. The second-order valence-corrected chi connectivity index (χ2v) is 15.8. The molecule has 1 amide bonds. The van der Waals surface area contributed by atoms with E-state index in [0.29, 0.717) is 68.8 Å². The third-order valence-electron chi connectivity index (χ3n) is 14.2. The smallest absolute Gasteiger partial charge is 0.340 e. The van der Waals surface area contributed by atoms with E-state index >= 15 is 0 Å². The summed E-state index contributed by atoms with van der Waals surface area (Å²) < 4.78 is 31.0. The van der Waals surface area contributed by atoms with Gasteiger partial charge < -0.3 is 39.2 Å². The average Bonchev–Trinajstić information content (AvgIpc) is 3.57. The van der Waals surface area contributed by atoms with Crippen LogP contribution in [0.2, 0.25) is 0 Å². The fraction of sp³-hybridized carbons (Fsp3) is 0.650. The average molecular weight is 705 g/mol. The maximum absolute atomic E-state index is 14.5. The molecule has 1 heterocycles. The summed E-state index contributed by atoms with van der Waals surface area (Å²) in [5, 5.41) is 28.9. The van der Waals surface area contributed by atoms with E-state index in [1.807, 2.05) is 6.92 Å². The Labute approximate surface area is 299 Å². The van der Waals surface area contributed by atoms with Gasteiger partial charge in [-0.3, -0.25) is 9.69 Å². The number of hydrogen-bond donors (Lipinski definition) is 3. The van der Waals surface area contributed by atoms with Gasteiger partial charge in [-0.05, 0) is 75.0 Å². The predicted molar refractivity (Wildman–Crippen MR) is 188 cm³/mol. The van der Waals surface area contributed by atoms with Gasteiger partial charge in [0.1, 0.15) is 22.6 Å². The van der Waals surface area contributed by atoms with Gasteiger partial charge in [-0.2, -0.15) is 0 Å². The number of para-hydroxylation sites is 1. The van der Waals surface area contributed by atoms with Crippen molar-refractivity contribution < 1.29 is 43.5 Å². The van der Waals surface area contributed by atoms with E-state index in [1.54, 1.807) is 69.9 Å². The van der Waals surface area contributed by atoms with Crippen LogP contribution in [0.1, 0.15) is 73.1 Å². The lowest BCUT2D eigenvalue weighted by Crippen LogP contribution is -2.83. The molecule has 6 aliphatic rings. The minimum Gasteiger partial charge on any atom is -0.494 e. The van der Waals surface area contributed by atoms with Crippen LogP contribution in [0.25, 0.3) is 0 Å². The van der Waals surface area contributed by atoms with E-state index in [2.05, 4.69) is 17.1 Å². The molecular formula is C40H52N2O9. The normalized spacial score (nSPS) is 41.6. The molecule has 6 fully saturated rings. The largest absolute Gasteiger partial charge is 0.494 e. The number of aliphatic hydroxyl groups is 2. The quantitative estimate of drug-likeness (QED) is 0.291. The van der Waals surface area contributed by atoms with Crippen LogP contribution >= 0.6 is 0 Å². The number of likely N-dealkylation sites (tertiary alicyclic amines) is 1. The lowest BCUT2D eigenvalue weighted by atomic mass is 9.44. The highest BCUT2D eigenvalue weighted by Crippen LogP contribution is 2.79. The van der Waals surface area contributed by atoms with Crippen molar-refractivity contribution in [3.8, 4) is 5.75 Å². The van der Waals surface area contributed by atoms with Crippen LogP contribution < -0.4 is 10.1 Å². The zero-order valence-electron chi connectivity index (χ0n) is 30.3. The number of carbonyl (C=O) groups is 2. The molecule has 1 saturated heterocycles. The third kappa shape index (κ3) is 4.58. The first-order valence-electron chi connectivity index (χ1n) is 18.7. The standard InChI is InChI=1S/C40H52N2O9/c1-6-18-50-24-14-12-23(13-15-24)35(43)41-28-11-9-8-10-25(28)36(44)51-37-17-16-32(48-4)39-30(37)20-27(33(39)42(7-2)22-37)38(45)21-29(47-3)26-19-31(39)40(38,46)34(26)49-5/h8-15,26-27,29-34,45-46H,6-7,16-22H2,1-5H3,(H,41,43)/t26-,27+,29+,30-,31+,32+,33?,34+,37-,38+,39+,40+/m1/s1. The Kier molecular flexibility index (Phi) is 8.59. The zero-order chi connectivity index (χ0) is 35.9. The molecule has 1 unspecified atom stereocenters. The number of hydrogen-bond acceptors (Lipinski definition) is 10. The van der Waals surface area contributed by atoms with Crippen molar-refractivity contribution in [3.63, 3.8) is 0 Å². The molecule has 2 aromatic carbocycles. The molecule has 7 bridgehead atoms. The Morgan fingerprint density at radius 1 is 0.961 bits per heavy atom. The monoisotopic (exact) mass is 704 g/mol. The van der Waals surface area contributed by atoms with Crippen LogP contribution in [-0.4, -0.2) is 109 Å². The second kappa shape index (κ2) is 12.5. The summed E-state index contributed by atoms with van der Waals surface area (Å²) in [6.07, 6.45) is 2.61. The maximum Gasteiger partial charge on any atom is 0.340 e. The summed E-state index contributed by atoms with van der Waals surface area (Å²) in [6, 6.07) is 13.8. The third-order valence-corrected chi connectivity index (χ3v) is 14.2. The lowest BCUT2D eigenvalue weighted by Gasteiger charge is -2.70. The van der Waals surface area contributed by atoms with Crippen LogP contribution in [0.4, 0.5) is 5.69 Å². The summed E-state index contributed by atoms with van der Waals surface area (Å²) in [4.78, 5) is 30.3. The van der Waals surface area contributed by atoms with Gasteiger partial charge >= 0.3 is 5.97 Å². The Morgan fingerprint density at radius 2 is 1.73 bits per heavy atom. The van der Waals surface area contributed by atoms with Gasteiger partial charge in [0.15, 0.2) is 0 Å². The zero-order valence-corrected chi connectivity index (χ0v) is 30.3. The number of carbonyl (C=O) groups excluding carboxylic acids is 2. The number of nitrogens with zero attached hydrogens (tertiary/aromatic N) is 1. The molecule has 11 nitrogen and oxygen atoms in total. The van der Waals surface area contributed by atoms with Crippen molar-refractivity contribution in [1.82, 2.24) is 4.90 Å². The van der Waals surface area contributed by atoms with E-state index in [0.717, 1.165) is 6.42 Å². The van der Waals surface area contributed by atoms with Crippen LogP contribution in [0.15, 0.2) is 48.5 Å². The Morgan fingerprint density at radius 3 is 2.41 bits per heavy atom. The van der Waals surface area contributed by atoms with Gasteiger partial charge in [0.25, 0.3) is 5.91 Å². The topological polar surface area (TPSA) is 136 Å². The molecule has 5 aliphatic carbocycles. The molecule has 1 aliphatic heterocycles. The molecule has 51 heavy (non-hydrogen) atoms. The number of likely N-dealkylation sites (N-methyl/N-ethyl adjacent to an activating group) is 1. The lowest BCUT2D eigenvalue weighted by molar-refractivity contribution is -0.337. The number of ether oxygens (including phenoxy) is 5. The van der Waals surface area contributed by atoms with Gasteiger partial charge in [0.2, 0.25) is 0 Å². The predicted octanol–water partition coefficient (Wildman–Crippen LogP) is 4.30. The van der Waals surface area contributed by atoms with E-state index in [1.165, 1.54) is 0 Å². The van der Waals surface area contributed by atoms with Crippen molar-refractivity contribution >= 4 is 17.6 Å². The molecule has 2 aromatic rings. The van der Waals surface area contributed by atoms with Crippen molar-refractivity contribution in [2.75, 3.05) is 46.3 Å². The number of methoxy groups -OCH3 is 3. The molecule has 1 spiro atoms. The number of amides is 1. The van der Waals surface area contributed by atoms with E-state index in [4.69, 9.17) is 23.7 Å². The Hall–Kier alpha value is -3.06. The molecular weight excluding hydrogens is 652 g/mol. The van der Waals surface area contributed by atoms with Crippen molar-refractivity contribution in [3.05, 3.63) is 59.7 Å². The molecule has 3 N–H and O–H groups in total. The summed E-state index contributed by atoms with van der Waals surface area (Å²) in [7, 11) is 5.06. The van der Waals surface area contributed by atoms with Gasteiger partial charge in [0.05, 0.1) is 36.2 Å². The first-order chi connectivity index (χ1) is 24.6. The summed E-state index contributed by atoms with van der Waals surface area (Å²) in [6.45, 7) is 5.95. The number of fused-ring (bicyclic) bond motifs is 2.